The molecule has 3 aliphatic heterocycles. The van der Waals surface area contributed by atoms with E-state index in [1.165, 1.54) is 4.90 Å². The van der Waals surface area contributed by atoms with Crippen molar-refractivity contribution in [2.24, 2.45) is 11.8 Å². The van der Waals surface area contributed by atoms with Crippen LogP contribution in [0.2, 0.25) is 0 Å². The number of aromatic hydroxyl groups is 1. The lowest BCUT2D eigenvalue weighted by Gasteiger charge is -2.56. The Morgan fingerprint density at radius 1 is 1.48 bits per heavy atom. The minimum atomic E-state index is -0.920. The van der Waals surface area contributed by atoms with Crippen LogP contribution in [0.3, 0.4) is 0 Å². The van der Waals surface area contributed by atoms with Gasteiger partial charge in [-0.3, -0.25) is 0 Å². The quantitative estimate of drug-likeness (QED) is 0.726. The van der Waals surface area contributed by atoms with Crippen molar-refractivity contribution >= 4 is 16.9 Å². The zero-order chi connectivity index (χ0) is 17.3. The van der Waals surface area contributed by atoms with Crippen LogP contribution in [0.1, 0.15) is 37.4 Å². The first-order valence-corrected chi connectivity index (χ1v) is 9.44. The molecule has 6 rings (SSSR count). The first-order chi connectivity index (χ1) is 12.0. The van der Waals surface area contributed by atoms with Gasteiger partial charge in [-0.2, -0.15) is 0 Å². The highest BCUT2D eigenvalue weighted by Crippen LogP contribution is 2.49. The van der Waals surface area contributed by atoms with E-state index in [1.54, 1.807) is 12.1 Å². The number of carbonyl (C=O) groups excluding carboxylic acids is 1. The second-order valence-corrected chi connectivity index (χ2v) is 8.28. The topological polar surface area (TPSA) is 80.6 Å². The maximum Gasteiger partial charge on any atom is 0.116 e. The molecule has 1 saturated carbocycles. The Morgan fingerprint density at radius 3 is 3.08 bits per heavy atom. The normalized spacial score (nSPS) is 36.2. The van der Waals surface area contributed by atoms with Gasteiger partial charge in [-0.1, -0.05) is 6.92 Å². The lowest BCUT2D eigenvalue weighted by molar-refractivity contribution is -0.948. The van der Waals surface area contributed by atoms with Crippen molar-refractivity contribution in [3.05, 3.63) is 29.5 Å². The van der Waals surface area contributed by atoms with Crippen LogP contribution >= 0.6 is 0 Å². The zero-order valence-corrected chi connectivity index (χ0v) is 14.5. The standard InChI is InChI=1S/C20H24N2O3/c1-2-12-7-11-9-20(19(24)25)17-14(5-6-22(10-11)18(12)20)15-8-13(23)3-4-16(15)21-17/h3-4,8,11-12,18,21,23H,2,5-7,9-10H2,1H3,(H,24,25)/t11-,12+,18+,20-/m1/s1. The van der Waals surface area contributed by atoms with Crippen LogP contribution < -0.4 is 10.0 Å². The van der Waals surface area contributed by atoms with Crippen molar-refractivity contribution in [2.75, 3.05) is 13.1 Å². The number of hydrogen-bond acceptors (Lipinski definition) is 3. The Hall–Kier alpha value is -2.01. The minimum absolute atomic E-state index is 0.0930. The van der Waals surface area contributed by atoms with Gasteiger partial charge in [0.1, 0.15) is 17.2 Å². The van der Waals surface area contributed by atoms with Gasteiger partial charge in [-0.05, 0) is 43.0 Å². The van der Waals surface area contributed by atoms with Gasteiger partial charge in [0, 0.05) is 34.9 Å². The van der Waals surface area contributed by atoms with Crippen molar-refractivity contribution in [1.29, 1.82) is 0 Å². The van der Waals surface area contributed by atoms with Gasteiger partial charge in [-0.15, -0.1) is 0 Å². The van der Waals surface area contributed by atoms with E-state index in [1.807, 2.05) is 6.07 Å². The third-order valence-corrected chi connectivity index (χ3v) is 7.16. The van der Waals surface area contributed by atoms with Gasteiger partial charge in [0.15, 0.2) is 0 Å². The average molecular weight is 340 g/mol. The largest absolute Gasteiger partial charge is 0.549 e. The summed E-state index contributed by atoms with van der Waals surface area (Å²) in [7, 11) is 0. The second-order valence-electron chi connectivity index (χ2n) is 8.28. The summed E-state index contributed by atoms with van der Waals surface area (Å²) in [5.74, 6) is 0.196. The SMILES string of the molecule is CC[C@H]1C[C@H]2C[NH+]3CCc4c([nH]c5ccc(O)cc45)[C@](C(=O)[O-])(C2)[C@H]13. The van der Waals surface area contributed by atoms with E-state index in [-0.39, 0.29) is 11.8 Å². The molecule has 4 heterocycles. The monoisotopic (exact) mass is 340 g/mol. The Bertz CT molecular complexity index is 873. The molecule has 0 radical (unpaired) electrons. The maximum absolute atomic E-state index is 12.6. The second kappa shape index (κ2) is 5.01. The molecule has 5 atom stereocenters. The number of nitrogens with one attached hydrogen (secondary N) is 2. The van der Waals surface area contributed by atoms with Gasteiger partial charge < -0.3 is 24.9 Å². The predicted octanol–water partition coefficient (Wildman–Crippen LogP) is 0.121. The van der Waals surface area contributed by atoms with E-state index in [9.17, 15) is 15.0 Å². The first kappa shape index (κ1) is 15.3. The minimum Gasteiger partial charge on any atom is -0.549 e. The smallest absolute Gasteiger partial charge is 0.116 e. The summed E-state index contributed by atoms with van der Waals surface area (Å²) in [4.78, 5) is 17.5. The molecule has 5 heteroatoms. The Morgan fingerprint density at radius 2 is 2.32 bits per heavy atom. The molecule has 4 bridgehead atoms. The molecule has 4 aliphatic rings. The number of phenolic OH excluding ortho intramolecular Hbond substituents is 1. The van der Waals surface area contributed by atoms with Crippen molar-refractivity contribution in [1.82, 2.24) is 4.98 Å². The molecule has 1 aromatic carbocycles. The van der Waals surface area contributed by atoms with Crippen LogP contribution in [0.25, 0.3) is 10.9 Å². The van der Waals surface area contributed by atoms with Crippen LogP contribution in [0.4, 0.5) is 0 Å². The molecule has 5 nitrogen and oxygen atoms in total. The van der Waals surface area contributed by atoms with Crippen molar-refractivity contribution in [3.63, 3.8) is 0 Å². The number of aromatic nitrogens is 1. The average Bonchev–Trinajstić information content (AvgIpc) is 2.92. The highest BCUT2D eigenvalue weighted by atomic mass is 16.4. The fourth-order valence-electron chi connectivity index (χ4n) is 6.36. The summed E-state index contributed by atoms with van der Waals surface area (Å²) < 4.78 is 0. The lowest BCUT2D eigenvalue weighted by Crippen LogP contribution is -3.21. The van der Waals surface area contributed by atoms with Crippen LogP contribution in [0.15, 0.2) is 18.2 Å². The summed E-state index contributed by atoms with van der Waals surface area (Å²) in [5, 5.41) is 23.5. The molecule has 3 fully saturated rings. The predicted molar refractivity (Wildman–Crippen MR) is 91.3 cm³/mol. The Kier molecular flexibility index (Phi) is 3.06. The molecule has 3 N–H and O–H groups in total. The molecule has 132 valence electrons. The fourth-order valence-corrected chi connectivity index (χ4v) is 6.36. The summed E-state index contributed by atoms with van der Waals surface area (Å²) in [5.41, 5.74) is 1.93. The number of phenols is 1. The maximum atomic E-state index is 12.6. The van der Waals surface area contributed by atoms with Crippen LogP contribution in [0, 0.1) is 11.8 Å². The number of H-pyrrole nitrogens is 1. The van der Waals surface area contributed by atoms with Crippen molar-refractivity contribution in [3.8, 4) is 5.75 Å². The third kappa shape index (κ3) is 1.85. The molecule has 0 spiro atoms. The van der Waals surface area contributed by atoms with E-state index in [2.05, 4.69) is 11.9 Å². The molecule has 25 heavy (non-hydrogen) atoms. The number of aliphatic carboxylic acids is 1. The number of carboxylic acids is 1. The molecule has 0 amide bonds. The molecule has 2 aromatic rings. The van der Waals surface area contributed by atoms with Gasteiger partial charge >= 0.3 is 0 Å². The number of benzene rings is 1. The lowest BCUT2D eigenvalue weighted by atomic mass is 9.56. The zero-order valence-electron chi connectivity index (χ0n) is 14.5. The van der Waals surface area contributed by atoms with E-state index < -0.39 is 11.4 Å². The van der Waals surface area contributed by atoms with Crippen LogP contribution in [-0.4, -0.2) is 35.2 Å². The van der Waals surface area contributed by atoms with Gasteiger partial charge in [0.25, 0.3) is 0 Å². The number of carboxylic acid groups (broad SMARTS) is 1. The number of aromatic amines is 1. The van der Waals surface area contributed by atoms with Gasteiger partial charge in [0.05, 0.1) is 19.1 Å². The molecular weight excluding hydrogens is 316 g/mol. The highest BCUT2D eigenvalue weighted by Gasteiger charge is 2.62. The van der Waals surface area contributed by atoms with Crippen LogP contribution in [0.5, 0.6) is 5.75 Å². The Balaban J connectivity index is 1.81. The summed E-state index contributed by atoms with van der Waals surface area (Å²) >= 11 is 0. The molecule has 1 aromatic heterocycles. The third-order valence-electron chi connectivity index (χ3n) is 7.16. The summed E-state index contributed by atoms with van der Waals surface area (Å²) in [6.45, 7) is 4.23. The van der Waals surface area contributed by atoms with Gasteiger partial charge in [0.2, 0.25) is 0 Å². The van der Waals surface area contributed by atoms with Crippen molar-refractivity contribution in [2.45, 2.75) is 44.1 Å². The molecule has 2 saturated heterocycles. The number of piperidine rings is 2. The van der Waals surface area contributed by atoms with E-state index in [4.69, 9.17) is 0 Å². The Labute approximate surface area is 146 Å². The van der Waals surface area contributed by atoms with Gasteiger partial charge in [-0.25, -0.2) is 0 Å². The molecule has 1 aliphatic carbocycles. The van der Waals surface area contributed by atoms with E-state index in [0.29, 0.717) is 18.3 Å². The van der Waals surface area contributed by atoms with E-state index in [0.717, 1.165) is 54.5 Å². The highest BCUT2D eigenvalue weighted by molar-refractivity contribution is 5.90. The number of carbonyl (C=O) groups is 1. The summed E-state index contributed by atoms with van der Waals surface area (Å²) in [6, 6.07) is 5.37. The first-order valence-electron chi connectivity index (χ1n) is 9.44. The van der Waals surface area contributed by atoms with Crippen molar-refractivity contribution < 1.29 is 19.9 Å². The number of fused-ring (bicyclic) bond motifs is 4. The molecule has 1 unspecified atom stereocenters. The summed E-state index contributed by atoms with van der Waals surface area (Å²) in [6.07, 6.45) is 3.71. The number of hydrogen-bond donors (Lipinski definition) is 3. The van der Waals surface area contributed by atoms with Crippen LogP contribution in [-0.2, 0) is 16.6 Å². The number of quaternary nitrogens is 1. The fraction of sp³-hybridized carbons (Fsp3) is 0.550. The number of rotatable bonds is 2. The molecular formula is C20H24N2O3. The van der Waals surface area contributed by atoms with E-state index >= 15 is 0 Å².